The summed E-state index contributed by atoms with van der Waals surface area (Å²) in [6.45, 7) is 2.32. The standard InChI is InChI=1S/C20H22N2O2S2/c1-16-6-5-9-18(12-16)15-26(23,24)22-11-10-20-21-14-19(25-20)13-17-7-3-2-4-8-17/h2-9,12,14,22H,10-11,13,15H2,1H3. The predicted molar refractivity (Wildman–Crippen MR) is 107 cm³/mol. The maximum absolute atomic E-state index is 12.2. The molecule has 2 aromatic carbocycles. The number of thiazole rings is 1. The Morgan fingerprint density at radius 1 is 1.04 bits per heavy atom. The Labute approximate surface area is 159 Å². The highest BCUT2D eigenvalue weighted by Crippen LogP contribution is 2.17. The van der Waals surface area contributed by atoms with E-state index in [1.54, 1.807) is 11.3 Å². The van der Waals surface area contributed by atoms with Crippen LogP contribution in [0.15, 0.2) is 60.8 Å². The third kappa shape index (κ3) is 5.76. The monoisotopic (exact) mass is 386 g/mol. The third-order valence-electron chi connectivity index (χ3n) is 3.92. The first-order valence-electron chi connectivity index (χ1n) is 8.50. The van der Waals surface area contributed by atoms with Crippen molar-refractivity contribution in [1.82, 2.24) is 9.71 Å². The van der Waals surface area contributed by atoms with Crippen molar-refractivity contribution in [3.63, 3.8) is 0 Å². The second-order valence-electron chi connectivity index (χ2n) is 6.28. The largest absolute Gasteiger partial charge is 0.249 e. The van der Waals surface area contributed by atoms with Gasteiger partial charge in [-0.05, 0) is 18.1 Å². The molecule has 0 saturated carbocycles. The highest BCUT2D eigenvalue weighted by Gasteiger charge is 2.12. The van der Waals surface area contributed by atoms with Crippen LogP contribution in [0.4, 0.5) is 0 Å². The maximum Gasteiger partial charge on any atom is 0.215 e. The van der Waals surface area contributed by atoms with Crippen LogP contribution >= 0.6 is 11.3 Å². The Bertz CT molecular complexity index is 951. The van der Waals surface area contributed by atoms with Crippen molar-refractivity contribution in [2.24, 2.45) is 0 Å². The van der Waals surface area contributed by atoms with Gasteiger partial charge in [0.05, 0.1) is 10.8 Å². The van der Waals surface area contributed by atoms with Gasteiger partial charge in [0.15, 0.2) is 0 Å². The van der Waals surface area contributed by atoms with E-state index < -0.39 is 10.0 Å². The summed E-state index contributed by atoms with van der Waals surface area (Å²) in [6, 6.07) is 17.8. The van der Waals surface area contributed by atoms with E-state index in [1.807, 2.05) is 55.6 Å². The van der Waals surface area contributed by atoms with E-state index >= 15 is 0 Å². The zero-order chi connectivity index (χ0) is 18.4. The van der Waals surface area contributed by atoms with Gasteiger partial charge in [0, 0.05) is 30.5 Å². The molecule has 3 rings (SSSR count). The second kappa shape index (κ2) is 8.58. The fourth-order valence-electron chi connectivity index (χ4n) is 2.73. The van der Waals surface area contributed by atoms with Crippen molar-refractivity contribution in [3.8, 4) is 0 Å². The van der Waals surface area contributed by atoms with E-state index in [1.165, 1.54) is 10.4 Å². The van der Waals surface area contributed by atoms with Crippen LogP contribution in [0.25, 0.3) is 0 Å². The van der Waals surface area contributed by atoms with E-state index in [4.69, 9.17) is 0 Å². The number of hydrogen-bond donors (Lipinski definition) is 1. The summed E-state index contributed by atoms with van der Waals surface area (Å²) in [5, 5.41) is 0.953. The molecule has 0 aliphatic heterocycles. The maximum atomic E-state index is 12.2. The molecule has 6 heteroatoms. The van der Waals surface area contributed by atoms with E-state index in [-0.39, 0.29) is 5.75 Å². The number of rotatable bonds is 8. The summed E-state index contributed by atoms with van der Waals surface area (Å²) in [7, 11) is -3.34. The lowest BCUT2D eigenvalue weighted by Crippen LogP contribution is -2.27. The van der Waals surface area contributed by atoms with Crippen LogP contribution in [0.2, 0.25) is 0 Å². The highest BCUT2D eigenvalue weighted by molar-refractivity contribution is 7.88. The summed E-state index contributed by atoms with van der Waals surface area (Å²) in [5.74, 6) is 0.00576. The summed E-state index contributed by atoms with van der Waals surface area (Å²) >= 11 is 1.64. The lowest BCUT2D eigenvalue weighted by molar-refractivity contribution is 0.580. The van der Waals surface area contributed by atoms with Gasteiger partial charge in [0.1, 0.15) is 0 Å². The number of nitrogens with one attached hydrogen (secondary N) is 1. The lowest BCUT2D eigenvalue weighted by atomic mass is 10.1. The fraction of sp³-hybridized carbons (Fsp3) is 0.250. The number of aryl methyl sites for hydroxylation is 1. The van der Waals surface area contributed by atoms with Crippen LogP contribution in [0, 0.1) is 6.92 Å². The molecule has 1 heterocycles. The van der Waals surface area contributed by atoms with Crippen molar-refractivity contribution in [3.05, 3.63) is 87.4 Å². The molecule has 0 saturated heterocycles. The minimum atomic E-state index is -3.34. The average Bonchev–Trinajstić information content (AvgIpc) is 3.02. The molecule has 0 atom stereocenters. The van der Waals surface area contributed by atoms with Gasteiger partial charge in [0.2, 0.25) is 10.0 Å². The van der Waals surface area contributed by atoms with Gasteiger partial charge >= 0.3 is 0 Å². The smallest absolute Gasteiger partial charge is 0.215 e. The first kappa shape index (κ1) is 18.8. The Balaban J connectivity index is 1.50. The van der Waals surface area contributed by atoms with Crippen LogP contribution in [-0.4, -0.2) is 19.9 Å². The quantitative estimate of drug-likeness (QED) is 0.642. The van der Waals surface area contributed by atoms with E-state index in [0.29, 0.717) is 13.0 Å². The molecule has 0 bridgehead atoms. The van der Waals surface area contributed by atoms with Crippen molar-refractivity contribution < 1.29 is 8.42 Å². The summed E-state index contributed by atoms with van der Waals surface area (Å²) in [4.78, 5) is 5.60. The average molecular weight is 387 g/mol. The van der Waals surface area contributed by atoms with E-state index in [0.717, 1.165) is 22.6 Å². The number of sulfonamides is 1. The molecular weight excluding hydrogens is 364 g/mol. The zero-order valence-electron chi connectivity index (χ0n) is 14.7. The Hall–Kier alpha value is -2.02. The molecular formula is C20H22N2O2S2. The van der Waals surface area contributed by atoms with Gasteiger partial charge in [-0.15, -0.1) is 11.3 Å². The van der Waals surface area contributed by atoms with Crippen LogP contribution < -0.4 is 4.72 Å². The number of nitrogens with zero attached hydrogens (tertiary/aromatic N) is 1. The molecule has 26 heavy (non-hydrogen) atoms. The third-order valence-corrected chi connectivity index (χ3v) is 6.34. The molecule has 0 fully saturated rings. The molecule has 0 unspecified atom stereocenters. The minimum Gasteiger partial charge on any atom is -0.249 e. The molecule has 3 aromatic rings. The van der Waals surface area contributed by atoms with Crippen molar-refractivity contribution in [1.29, 1.82) is 0 Å². The molecule has 0 aliphatic rings. The van der Waals surface area contributed by atoms with Gasteiger partial charge in [-0.1, -0.05) is 60.2 Å². The normalized spacial score (nSPS) is 11.6. The highest BCUT2D eigenvalue weighted by atomic mass is 32.2. The van der Waals surface area contributed by atoms with Crippen molar-refractivity contribution in [2.45, 2.75) is 25.5 Å². The zero-order valence-corrected chi connectivity index (χ0v) is 16.3. The molecule has 0 spiro atoms. The second-order valence-corrected chi connectivity index (χ2v) is 9.28. The molecule has 1 N–H and O–H groups in total. The molecule has 1 aromatic heterocycles. The number of hydrogen-bond acceptors (Lipinski definition) is 4. The van der Waals surface area contributed by atoms with Gasteiger partial charge < -0.3 is 0 Å². The van der Waals surface area contributed by atoms with Crippen LogP contribution in [-0.2, 0) is 28.6 Å². The number of benzene rings is 2. The summed E-state index contributed by atoms with van der Waals surface area (Å²) < 4.78 is 27.1. The predicted octanol–water partition coefficient (Wildman–Crippen LogP) is 3.70. The molecule has 0 amide bonds. The van der Waals surface area contributed by atoms with Crippen molar-refractivity contribution in [2.75, 3.05) is 6.54 Å². The topological polar surface area (TPSA) is 59.1 Å². The lowest BCUT2D eigenvalue weighted by Gasteiger charge is -2.06. The minimum absolute atomic E-state index is 0.00576. The Kier molecular flexibility index (Phi) is 6.19. The molecule has 136 valence electrons. The summed E-state index contributed by atoms with van der Waals surface area (Å²) in [5.41, 5.74) is 3.12. The van der Waals surface area contributed by atoms with Crippen LogP contribution in [0.3, 0.4) is 0 Å². The molecule has 0 aliphatic carbocycles. The van der Waals surface area contributed by atoms with E-state index in [9.17, 15) is 8.42 Å². The summed E-state index contributed by atoms with van der Waals surface area (Å²) in [6.07, 6.45) is 3.35. The first-order valence-corrected chi connectivity index (χ1v) is 11.0. The Morgan fingerprint density at radius 3 is 2.58 bits per heavy atom. The Morgan fingerprint density at radius 2 is 1.81 bits per heavy atom. The van der Waals surface area contributed by atoms with E-state index in [2.05, 4.69) is 21.8 Å². The number of aromatic nitrogens is 1. The SMILES string of the molecule is Cc1cccc(CS(=O)(=O)NCCc2ncc(Cc3ccccc3)s2)c1. The van der Waals surface area contributed by atoms with Gasteiger partial charge in [0.25, 0.3) is 0 Å². The van der Waals surface area contributed by atoms with Crippen LogP contribution in [0.5, 0.6) is 0 Å². The first-order chi connectivity index (χ1) is 12.5. The van der Waals surface area contributed by atoms with Gasteiger partial charge in [-0.2, -0.15) is 0 Å². The fourth-order valence-corrected chi connectivity index (χ4v) is 4.82. The molecule has 4 nitrogen and oxygen atoms in total. The van der Waals surface area contributed by atoms with Gasteiger partial charge in [-0.25, -0.2) is 18.1 Å². The van der Waals surface area contributed by atoms with Gasteiger partial charge in [-0.3, -0.25) is 0 Å². The molecule has 0 radical (unpaired) electrons. The van der Waals surface area contributed by atoms with Crippen LogP contribution in [0.1, 0.15) is 26.6 Å². The van der Waals surface area contributed by atoms with Crippen molar-refractivity contribution >= 4 is 21.4 Å².